The molecular weight excluding hydrogens is 315 g/mol. The minimum absolute atomic E-state index is 0.158. The molecule has 3 N–H and O–H groups in total. The maximum Gasteiger partial charge on any atom is 0.325 e. The second-order valence-corrected chi connectivity index (χ2v) is 6.90. The van der Waals surface area contributed by atoms with Crippen LogP contribution in [0.15, 0.2) is 35.4 Å². The van der Waals surface area contributed by atoms with Gasteiger partial charge in [0.2, 0.25) is 0 Å². The normalized spacial score (nSPS) is 26.6. The number of allylic oxidation sites excluding steroid dienone is 3. The van der Waals surface area contributed by atoms with E-state index in [0.29, 0.717) is 10.8 Å². The van der Waals surface area contributed by atoms with E-state index < -0.39 is 23.8 Å². The van der Waals surface area contributed by atoms with Crippen LogP contribution in [0.4, 0.5) is 4.48 Å². The number of piperazine rings is 1. The van der Waals surface area contributed by atoms with Gasteiger partial charge in [-0.1, -0.05) is 10.6 Å². The van der Waals surface area contributed by atoms with Gasteiger partial charge in [0.1, 0.15) is 29.2 Å². The van der Waals surface area contributed by atoms with Gasteiger partial charge in [-0.05, 0) is 26.8 Å². The van der Waals surface area contributed by atoms with Gasteiger partial charge in [0.15, 0.2) is 5.78 Å². The second-order valence-electron chi connectivity index (χ2n) is 6.90. The lowest BCUT2D eigenvalue weighted by molar-refractivity contribution is -0.157. The number of hydrogen-bond donors (Lipinski definition) is 3. The topological polar surface area (TPSA) is 82.7 Å². The third-order valence-electron chi connectivity index (χ3n) is 3.77. The zero-order valence-corrected chi connectivity index (χ0v) is 13.9. The van der Waals surface area contributed by atoms with Crippen LogP contribution in [0.25, 0.3) is 0 Å². The van der Waals surface area contributed by atoms with Gasteiger partial charge in [0.05, 0.1) is 11.9 Å². The summed E-state index contributed by atoms with van der Waals surface area (Å²) in [5.41, 5.74) is 0.260. The van der Waals surface area contributed by atoms with Crippen LogP contribution >= 0.6 is 0 Å². The van der Waals surface area contributed by atoms with Gasteiger partial charge in [-0.25, -0.2) is 0 Å². The summed E-state index contributed by atoms with van der Waals surface area (Å²) in [6.45, 7) is 5.64. The largest absolute Gasteiger partial charge is 0.459 e. The maximum atomic E-state index is 14.3. The first-order chi connectivity index (χ1) is 11.2. The van der Waals surface area contributed by atoms with Crippen LogP contribution in [0.3, 0.4) is 0 Å². The number of esters is 1. The van der Waals surface area contributed by atoms with Gasteiger partial charge in [-0.2, -0.15) is 5.12 Å². The number of fused-ring (bicyclic) bond motifs is 1. The first kappa shape index (κ1) is 16.5. The summed E-state index contributed by atoms with van der Waals surface area (Å²) in [6.07, 6.45) is 4.07. The number of rotatable bonds is 1. The zero-order valence-electron chi connectivity index (χ0n) is 13.9. The van der Waals surface area contributed by atoms with Crippen LogP contribution in [-0.2, 0) is 14.3 Å². The lowest BCUT2D eigenvalue weighted by atomic mass is 10.1. The summed E-state index contributed by atoms with van der Waals surface area (Å²) in [6, 6.07) is -0.608. The number of Topliss-reactive ketones (excluding diaryl/α,β-unsaturated/α-hetero) is 1. The van der Waals surface area contributed by atoms with Crippen LogP contribution in [0.2, 0.25) is 0 Å². The molecule has 130 valence electrons. The van der Waals surface area contributed by atoms with E-state index in [1.54, 1.807) is 32.9 Å². The number of nitrogens with one attached hydrogen (secondary N) is 3. The Hall–Kier alpha value is -2.35. The highest BCUT2D eigenvalue weighted by molar-refractivity contribution is 5.98. The minimum atomic E-state index is -0.608. The predicted molar refractivity (Wildman–Crippen MR) is 84.5 cm³/mol. The van der Waals surface area contributed by atoms with Gasteiger partial charge < -0.3 is 15.4 Å². The SMILES string of the molecule is CC(C)(C)OC(=O)C1CNC2=CN(F)C3=C(NC2N1)C(=O)CC=C3. The molecule has 0 amide bonds. The minimum Gasteiger partial charge on any atom is -0.459 e. The molecule has 2 heterocycles. The van der Waals surface area contributed by atoms with E-state index in [2.05, 4.69) is 16.0 Å². The number of ketones is 1. The Morgan fingerprint density at radius 1 is 1.42 bits per heavy atom. The van der Waals surface area contributed by atoms with E-state index in [9.17, 15) is 14.1 Å². The lowest BCUT2D eigenvalue weighted by Gasteiger charge is -2.34. The first-order valence-electron chi connectivity index (χ1n) is 7.84. The van der Waals surface area contributed by atoms with Crippen molar-refractivity contribution in [2.45, 2.75) is 45.0 Å². The Morgan fingerprint density at radius 3 is 2.88 bits per heavy atom. The molecule has 0 bridgehead atoms. The van der Waals surface area contributed by atoms with Gasteiger partial charge in [-0.3, -0.25) is 14.9 Å². The van der Waals surface area contributed by atoms with E-state index in [1.807, 2.05) is 0 Å². The standard InChI is InChI=1S/C16H21FN4O3/c1-16(2,3)24-15(23)9-7-18-10-8-21(17)11-5-4-6-12(22)13(11)20-14(10)19-9/h4-5,8-9,14,18-20H,6-7H2,1-3H3. The van der Waals surface area contributed by atoms with Crippen LogP contribution in [0.5, 0.6) is 0 Å². The summed E-state index contributed by atoms with van der Waals surface area (Å²) in [7, 11) is 0. The summed E-state index contributed by atoms with van der Waals surface area (Å²) in [5, 5.41) is 9.50. The monoisotopic (exact) mass is 336 g/mol. The highest BCUT2D eigenvalue weighted by Crippen LogP contribution is 2.24. The molecule has 0 spiro atoms. The van der Waals surface area contributed by atoms with Crippen LogP contribution in [-0.4, -0.2) is 41.2 Å². The van der Waals surface area contributed by atoms with E-state index in [4.69, 9.17) is 4.74 Å². The third-order valence-corrected chi connectivity index (χ3v) is 3.77. The molecule has 1 aliphatic carbocycles. The Labute approximate surface area is 139 Å². The quantitative estimate of drug-likeness (QED) is 0.477. The van der Waals surface area contributed by atoms with Crippen LogP contribution < -0.4 is 16.0 Å². The summed E-state index contributed by atoms with van der Waals surface area (Å²) in [5.74, 6) is -0.604. The van der Waals surface area contributed by atoms with Crippen LogP contribution in [0.1, 0.15) is 27.2 Å². The molecule has 1 fully saturated rings. The Balaban J connectivity index is 1.80. The first-order valence-corrected chi connectivity index (χ1v) is 7.84. The second kappa shape index (κ2) is 5.94. The fourth-order valence-corrected chi connectivity index (χ4v) is 2.71. The van der Waals surface area contributed by atoms with Crippen LogP contribution in [0, 0.1) is 0 Å². The summed E-state index contributed by atoms with van der Waals surface area (Å²) >= 11 is 0. The number of hydrogen-bond acceptors (Lipinski definition) is 7. The molecular formula is C16H21FN4O3. The van der Waals surface area contributed by atoms with E-state index in [1.165, 1.54) is 6.20 Å². The lowest BCUT2D eigenvalue weighted by Crippen LogP contribution is -2.62. The van der Waals surface area contributed by atoms with Crippen molar-refractivity contribution in [3.05, 3.63) is 35.4 Å². The smallest absolute Gasteiger partial charge is 0.325 e. The Kier molecular flexibility index (Phi) is 4.08. The van der Waals surface area contributed by atoms with Crippen molar-refractivity contribution < 1.29 is 18.8 Å². The molecule has 0 aromatic heterocycles. The molecule has 3 aliphatic rings. The van der Waals surface area contributed by atoms with Gasteiger partial charge in [0, 0.05) is 13.0 Å². The molecule has 24 heavy (non-hydrogen) atoms. The fraction of sp³-hybridized carbons (Fsp3) is 0.500. The molecule has 0 radical (unpaired) electrons. The van der Waals surface area contributed by atoms with Gasteiger partial charge in [0.25, 0.3) is 0 Å². The number of halogens is 1. The van der Waals surface area contributed by atoms with Crippen molar-refractivity contribution in [1.82, 2.24) is 21.1 Å². The van der Waals surface area contributed by atoms with Gasteiger partial charge in [-0.15, -0.1) is 0 Å². The maximum absolute atomic E-state index is 14.3. The molecule has 0 aromatic carbocycles. The van der Waals surface area contributed by atoms with E-state index in [-0.39, 0.29) is 30.1 Å². The molecule has 8 heteroatoms. The number of ether oxygens (including phenoxy) is 1. The van der Waals surface area contributed by atoms with Crippen molar-refractivity contribution in [2.75, 3.05) is 6.54 Å². The molecule has 3 rings (SSSR count). The Bertz CT molecular complexity index is 663. The van der Waals surface area contributed by atoms with Crippen molar-refractivity contribution in [2.24, 2.45) is 0 Å². The molecule has 0 saturated carbocycles. The van der Waals surface area contributed by atoms with E-state index in [0.717, 1.165) is 0 Å². The molecule has 7 nitrogen and oxygen atoms in total. The number of nitrogens with zero attached hydrogens (tertiary/aromatic N) is 1. The zero-order chi connectivity index (χ0) is 17.5. The van der Waals surface area contributed by atoms with Gasteiger partial charge >= 0.3 is 5.97 Å². The molecule has 2 unspecified atom stereocenters. The summed E-state index contributed by atoms with van der Waals surface area (Å²) in [4.78, 5) is 24.3. The summed E-state index contributed by atoms with van der Waals surface area (Å²) < 4.78 is 19.7. The number of carbonyl (C=O) groups excluding carboxylic acids is 2. The average Bonchev–Trinajstić information content (AvgIpc) is 2.62. The fourth-order valence-electron chi connectivity index (χ4n) is 2.71. The van der Waals surface area contributed by atoms with Crippen molar-refractivity contribution >= 4 is 11.8 Å². The molecule has 2 atom stereocenters. The molecule has 0 aromatic rings. The predicted octanol–water partition coefficient (Wildman–Crippen LogP) is 0.587. The third kappa shape index (κ3) is 3.28. The highest BCUT2D eigenvalue weighted by Gasteiger charge is 2.36. The number of carbonyl (C=O) groups is 2. The van der Waals surface area contributed by atoms with Crippen molar-refractivity contribution in [1.29, 1.82) is 0 Å². The molecule has 1 saturated heterocycles. The van der Waals surface area contributed by atoms with E-state index >= 15 is 0 Å². The molecule has 2 aliphatic heterocycles. The van der Waals surface area contributed by atoms with Crippen molar-refractivity contribution in [3.63, 3.8) is 0 Å². The van der Waals surface area contributed by atoms with Crippen molar-refractivity contribution in [3.8, 4) is 0 Å². The average molecular weight is 336 g/mol. The Morgan fingerprint density at radius 2 is 2.17 bits per heavy atom. The highest BCUT2D eigenvalue weighted by atomic mass is 19.2.